The van der Waals surface area contributed by atoms with E-state index in [0.29, 0.717) is 12.2 Å². The molecule has 1 aliphatic rings. The molecule has 2 rings (SSSR count). The highest BCUT2D eigenvalue weighted by Crippen LogP contribution is 2.62. The number of oxazole rings is 1. The van der Waals surface area contributed by atoms with Gasteiger partial charge in [-0.3, -0.25) is 4.57 Å². The van der Waals surface area contributed by atoms with E-state index in [2.05, 4.69) is 4.98 Å². The predicted molar refractivity (Wildman–Crippen MR) is 63.5 cm³/mol. The second-order valence-electron chi connectivity index (χ2n) is 4.10. The molecular formula is C10H15N2O5P. The Hall–Kier alpha value is -1.30. The van der Waals surface area contributed by atoms with Crippen molar-refractivity contribution in [3.8, 4) is 0 Å². The molecule has 4 N–H and O–H groups in total. The maximum Gasteiger partial charge on any atom is 0.375 e. The van der Waals surface area contributed by atoms with E-state index >= 15 is 0 Å². The summed E-state index contributed by atoms with van der Waals surface area (Å²) in [5.74, 6) is 0.363. The number of rotatable bonds is 4. The minimum Gasteiger partial charge on any atom is -0.476 e. The third kappa shape index (κ3) is 1.94. The average molecular weight is 274 g/mol. The van der Waals surface area contributed by atoms with Crippen molar-refractivity contribution in [1.82, 2.24) is 4.98 Å². The number of nitrogens with two attached hydrogens (primary N) is 1. The number of anilines is 1. The number of nitrogen functional groups attached to an aromatic ring is 1. The molecule has 8 heteroatoms. The molecular weight excluding hydrogens is 259 g/mol. The van der Waals surface area contributed by atoms with Crippen LogP contribution in [-0.2, 0) is 21.1 Å². The Morgan fingerprint density at radius 1 is 1.61 bits per heavy atom. The summed E-state index contributed by atoms with van der Waals surface area (Å²) in [6.07, 6.45) is 4.08. The number of ether oxygens (including phenoxy) is 1. The van der Waals surface area contributed by atoms with Crippen molar-refractivity contribution in [1.29, 1.82) is 0 Å². The molecule has 7 nitrogen and oxygen atoms in total. The van der Waals surface area contributed by atoms with E-state index in [0.717, 1.165) is 6.42 Å². The molecule has 0 radical (unpaired) electrons. The van der Waals surface area contributed by atoms with Gasteiger partial charge >= 0.3 is 7.60 Å². The first-order valence-electron chi connectivity index (χ1n) is 5.55. The molecule has 2 heterocycles. The van der Waals surface area contributed by atoms with Crippen molar-refractivity contribution in [2.24, 2.45) is 0 Å². The predicted octanol–water partition coefficient (Wildman–Crippen LogP) is 1.47. The normalized spacial score (nSPS) is 23.3. The van der Waals surface area contributed by atoms with Crippen LogP contribution in [0.5, 0.6) is 0 Å². The van der Waals surface area contributed by atoms with E-state index < -0.39 is 12.9 Å². The Kier molecular flexibility index (Phi) is 3.23. The molecule has 0 spiro atoms. The van der Waals surface area contributed by atoms with E-state index in [4.69, 9.17) is 14.9 Å². The van der Waals surface area contributed by atoms with Crippen molar-refractivity contribution in [2.75, 3.05) is 5.73 Å². The Balaban J connectivity index is 2.53. The highest BCUT2D eigenvalue weighted by atomic mass is 31.2. The van der Waals surface area contributed by atoms with Gasteiger partial charge in [0, 0.05) is 12.8 Å². The summed E-state index contributed by atoms with van der Waals surface area (Å²) < 4.78 is 22.1. The number of nitrogens with zero attached hydrogens (tertiary/aromatic N) is 1. The summed E-state index contributed by atoms with van der Waals surface area (Å²) in [4.78, 5) is 23.0. The van der Waals surface area contributed by atoms with Crippen LogP contribution in [0.2, 0.25) is 0 Å². The number of aryl methyl sites for hydroxylation is 1. The first-order valence-corrected chi connectivity index (χ1v) is 7.16. The molecule has 1 atom stereocenters. The molecule has 18 heavy (non-hydrogen) atoms. The summed E-state index contributed by atoms with van der Waals surface area (Å²) in [6.45, 7) is 1.92. The fourth-order valence-electron chi connectivity index (χ4n) is 1.97. The molecule has 0 fully saturated rings. The van der Waals surface area contributed by atoms with Gasteiger partial charge in [0.25, 0.3) is 11.4 Å². The van der Waals surface area contributed by atoms with Gasteiger partial charge in [0.15, 0.2) is 0 Å². The zero-order valence-electron chi connectivity index (χ0n) is 9.87. The molecule has 1 unspecified atom stereocenters. The standard InChI is InChI=1S/C10H15N2O5P/c1-2-4-7-8(12-9(11)17-7)10(18(13,14)15)5-3-6-16-10/h3,6H,2,4-5H2,1H3,(H2,11,12)(H2,13,14,15). The van der Waals surface area contributed by atoms with Crippen LogP contribution in [0.3, 0.4) is 0 Å². The zero-order chi connectivity index (χ0) is 13.4. The van der Waals surface area contributed by atoms with Crippen LogP contribution in [0.25, 0.3) is 0 Å². The highest BCUT2D eigenvalue weighted by molar-refractivity contribution is 7.52. The minimum atomic E-state index is -4.57. The van der Waals surface area contributed by atoms with E-state index in [1.807, 2.05) is 6.92 Å². The van der Waals surface area contributed by atoms with Crippen molar-refractivity contribution in [3.63, 3.8) is 0 Å². The molecule has 0 aliphatic carbocycles. The second kappa shape index (κ2) is 4.42. The van der Waals surface area contributed by atoms with Gasteiger partial charge < -0.3 is 24.7 Å². The van der Waals surface area contributed by atoms with Gasteiger partial charge in [-0.15, -0.1) is 0 Å². The molecule has 1 aliphatic heterocycles. The molecule has 0 amide bonds. The van der Waals surface area contributed by atoms with E-state index in [1.54, 1.807) is 6.08 Å². The van der Waals surface area contributed by atoms with Crippen LogP contribution in [0.4, 0.5) is 6.01 Å². The smallest absolute Gasteiger partial charge is 0.375 e. The highest BCUT2D eigenvalue weighted by Gasteiger charge is 2.55. The Labute approximate surface area is 104 Å². The van der Waals surface area contributed by atoms with Crippen LogP contribution < -0.4 is 5.73 Å². The summed E-state index contributed by atoms with van der Waals surface area (Å²) >= 11 is 0. The van der Waals surface area contributed by atoms with Crippen LogP contribution in [0, 0.1) is 0 Å². The van der Waals surface area contributed by atoms with Crippen molar-refractivity contribution >= 4 is 13.6 Å². The van der Waals surface area contributed by atoms with Gasteiger partial charge in [-0.25, -0.2) is 0 Å². The quantitative estimate of drug-likeness (QED) is 0.711. The third-order valence-electron chi connectivity index (χ3n) is 2.79. The lowest BCUT2D eigenvalue weighted by atomic mass is 10.1. The summed E-state index contributed by atoms with van der Waals surface area (Å²) in [6, 6.07) is -0.114. The van der Waals surface area contributed by atoms with Crippen LogP contribution in [-0.4, -0.2) is 14.8 Å². The maximum atomic E-state index is 11.7. The van der Waals surface area contributed by atoms with Gasteiger partial charge in [-0.05, 0) is 12.5 Å². The van der Waals surface area contributed by atoms with Crippen LogP contribution in [0.15, 0.2) is 16.8 Å². The van der Waals surface area contributed by atoms with E-state index in [-0.39, 0.29) is 18.1 Å². The fourth-order valence-corrected chi connectivity index (χ4v) is 2.96. The molecule has 0 saturated carbocycles. The number of hydrogen-bond acceptors (Lipinski definition) is 5. The Morgan fingerprint density at radius 3 is 2.83 bits per heavy atom. The first kappa shape index (κ1) is 13.1. The van der Waals surface area contributed by atoms with Gasteiger partial charge in [0.2, 0.25) is 0 Å². The molecule has 0 saturated heterocycles. The average Bonchev–Trinajstić information content (AvgIpc) is 2.84. The number of aromatic nitrogens is 1. The second-order valence-corrected chi connectivity index (χ2v) is 5.91. The Morgan fingerprint density at radius 2 is 2.33 bits per heavy atom. The van der Waals surface area contributed by atoms with E-state index in [1.165, 1.54) is 6.26 Å². The lowest BCUT2D eigenvalue weighted by Crippen LogP contribution is -2.26. The summed E-state index contributed by atoms with van der Waals surface area (Å²) in [5, 5.41) is -1.79. The van der Waals surface area contributed by atoms with Crippen molar-refractivity contribution < 1.29 is 23.5 Å². The minimum absolute atomic E-state index is 0.0416. The van der Waals surface area contributed by atoms with Gasteiger partial charge in [0.05, 0.1) is 6.26 Å². The van der Waals surface area contributed by atoms with Crippen molar-refractivity contribution in [3.05, 3.63) is 23.8 Å². The Bertz CT molecular complexity index is 510. The van der Waals surface area contributed by atoms with Crippen LogP contribution in [0.1, 0.15) is 31.2 Å². The zero-order valence-corrected chi connectivity index (χ0v) is 10.8. The lowest BCUT2D eigenvalue weighted by Gasteiger charge is -2.27. The van der Waals surface area contributed by atoms with Gasteiger partial charge in [-0.1, -0.05) is 6.92 Å². The van der Waals surface area contributed by atoms with Crippen LogP contribution >= 0.6 is 7.60 Å². The summed E-state index contributed by atoms with van der Waals surface area (Å²) in [5.41, 5.74) is 5.57. The molecule has 1 aromatic rings. The third-order valence-corrected chi connectivity index (χ3v) is 4.23. The molecule has 0 aromatic carbocycles. The molecule has 0 bridgehead atoms. The number of hydrogen-bond donors (Lipinski definition) is 3. The SMILES string of the molecule is CCCc1oc(N)nc1C1(P(=O)(O)O)CC=CO1. The maximum absolute atomic E-state index is 11.7. The largest absolute Gasteiger partial charge is 0.476 e. The lowest BCUT2D eigenvalue weighted by molar-refractivity contribution is 0.0860. The fraction of sp³-hybridized carbons (Fsp3) is 0.500. The topological polar surface area (TPSA) is 119 Å². The van der Waals surface area contributed by atoms with Gasteiger partial charge in [-0.2, -0.15) is 4.98 Å². The van der Waals surface area contributed by atoms with Gasteiger partial charge in [0.1, 0.15) is 11.5 Å². The van der Waals surface area contributed by atoms with Crippen molar-refractivity contribution in [2.45, 2.75) is 31.5 Å². The summed E-state index contributed by atoms with van der Waals surface area (Å²) in [7, 11) is -4.57. The first-order chi connectivity index (χ1) is 8.40. The van der Waals surface area contributed by atoms with E-state index in [9.17, 15) is 14.4 Å². The molecule has 1 aromatic heterocycles. The monoisotopic (exact) mass is 274 g/mol. The molecule has 100 valence electrons.